The normalized spacial score (nSPS) is 16.9. The fraction of sp³-hybridized carbons (Fsp3) is 0.667. The molecule has 0 spiro atoms. The number of aromatic nitrogens is 2. The van der Waals surface area contributed by atoms with Crippen LogP contribution in [-0.2, 0) is 4.79 Å². The molecule has 1 amide bonds. The van der Waals surface area contributed by atoms with E-state index in [0.717, 1.165) is 25.9 Å². The minimum Gasteiger partial charge on any atom is -0.342 e. The van der Waals surface area contributed by atoms with E-state index in [1.807, 2.05) is 37.6 Å². The SMILES string of the molecule is CN(C(=O)C(C)(C)C)C1CCN(c2ncc(F)cn2)CC1. The molecule has 0 bridgehead atoms. The molecular weight excluding hydrogens is 271 g/mol. The molecule has 1 aromatic rings. The van der Waals surface area contributed by atoms with Crippen molar-refractivity contribution in [3.05, 3.63) is 18.2 Å². The Bertz CT molecular complexity index is 489. The minimum atomic E-state index is -0.427. The number of nitrogens with zero attached hydrogens (tertiary/aromatic N) is 4. The molecule has 0 aliphatic carbocycles. The molecule has 0 unspecified atom stereocenters. The van der Waals surface area contributed by atoms with Gasteiger partial charge in [-0.3, -0.25) is 4.79 Å². The Labute approximate surface area is 125 Å². The number of piperidine rings is 1. The van der Waals surface area contributed by atoms with Gasteiger partial charge in [-0.2, -0.15) is 0 Å². The Morgan fingerprint density at radius 3 is 2.29 bits per heavy atom. The van der Waals surface area contributed by atoms with Crippen LogP contribution in [0.15, 0.2) is 12.4 Å². The first-order chi connectivity index (χ1) is 9.79. The molecule has 0 saturated carbocycles. The molecule has 5 nitrogen and oxygen atoms in total. The van der Waals surface area contributed by atoms with Crippen molar-refractivity contribution in [1.82, 2.24) is 14.9 Å². The summed E-state index contributed by atoms with van der Waals surface area (Å²) in [5, 5.41) is 0. The van der Waals surface area contributed by atoms with Crippen molar-refractivity contribution in [1.29, 1.82) is 0 Å². The Balaban J connectivity index is 1.94. The minimum absolute atomic E-state index is 0.166. The van der Waals surface area contributed by atoms with E-state index in [1.165, 1.54) is 12.4 Å². The monoisotopic (exact) mass is 294 g/mol. The first-order valence-electron chi connectivity index (χ1n) is 7.29. The number of carbonyl (C=O) groups excluding carboxylic acids is 1. The van der Waals surface area contributed by atoms with E-state index in [0.29, 0.717) is 5.95 Å². The molecule has 1 aromatic heterocycles. The molecule has 2 heterocycles. The maximum absolute atomic E-state index is 12.8. The van der Waals surface area contributed by atoms with Gasteiger partial charge in [-0.05, 0) is 12.8 Å². The van der Waals surface area contributed by atoms with E-state index in [-0.39, 0.29) is 17.4 Å². The lowest BCUT2D eigenvalue weighted by molar-refractivity contribution is -0.140. The predicted octanol–water partition coefficient (Wildman–Crippen LogP) is 2.09. The van der Waals surface area contributed by atoms with Gasteiger partial charge in [0.1, 0.15) is 0 Å². The van der Waals surface area contributed by atoms with Gasteiger partial charge in [0.25, 0.3) is 0 Å². The predicted molar refractivity (Wildman–Crippen MR) is 79.5 cm³/mol. The number of rotatable bonds is 2. The highest BCUT2D eigenvalue weighted by Gasteiger charge is 2.31. The fourth-order valence-corrected chi connectivity index (χ4v) is 2.62. The summed E-state index contributed by atoms with van der Waals surface area (Å²) in [7, 11) is 1.88. The first-order valence-corrected chi connectivity index (χ1v) is 7.29. The van der Waals surface area contributed by atoms with Crippen LogP contribution in [-0.4, -0.2) is 47.0 Å². The number of halogens is 1. The Morgan fingerprint density at radius 2 is 1.81 bits per heavy atom. The number of hydrogen-bond donors (Lipinski definition) is 0. The van der Waals surface area contributed by atoms with Crippen LogP contribution < -0.4 is 4.90 Å². The zero-order chi connectivity index (χ0) is 15.6. The van der Waals surface area contributed by atoms with Crippen molar-refractivity contribution < 1.29 is 9.18 Å². The van der Waals surface area contributed by atoms with Gasteiger partial charge in [-0.25, -0.2) is 14.4 Å². The maximum Gasteiger partial charge on any atom is 0.227 e. The third-order valence-corrected chi connectivity index (χ3v) is 3.86. The summed E-state index contributed by atoms with van der Waals surface area (Å²) in [6, 6.07) is 0.244. The Morgan fingerprint density at radius 1 is 1.29 bits per heavy atom. The van der Waals surface area contributed by atoms with Gasteiger partial charge in [-0.15, -0.1) is 0 Å². The van der Waals surface area contributed by atoms with E-state index in [1.54, 1.807) is 0 Å². The van der Waals surface area contributed by atoms with Crippen molar-refractivity contribution in [2.45, 2.75) is 39.7 Å². The van der Waals surface area contributed by atoms with Gasteiger partial charge in [0.15, 0.2) is 5.82 Å². The summed E-state index contributed by atoms with van der Waals surface area (Å²) in [6.45, 7) is 7.37. The first kappa shape index (κ1) is 15.7. The molecule has 0 radical (unpaired) electrons. The summed E-state index contributed by atoms with van der Waals surface area (Å²) in [6.07, 6.45) is 4.12. The smallest absolute Gasteiger partial charge is 0.227 e. The van der Waals surface area contributed by atoms with Crippen LogP contribution in [0.3, 0.4) is 0 Å². The molecule has 116 valence electrons. The number of hydrogen-bond acceptors (Lipinski definition) is 4. The average Bonchev–Trinajstić information content (AvgIpc) is 2.46. The van der Waals surface area contributed by atoms with Crippen molar-refractivity contribution in [2.24, 2.45) is 5.41 Å². The van der Waals surface area contributed by atoms with E-state index >= 15 is 0 Å². The largest absolute Gasteiger partial charge is 0.342 e. The van der Waals surface area contributed by atoms with Crippen LogP contribution in [0.2, 0.25) is 0 Å². The third kappa shape index (κ3) is 3.68. The zero-order valence-corrected chi connectivity index (χ0v) is 13.1. The topological polar surface area (TPSA) is 49.3 Å². The molecule has 1 fully saturated rings. The van der Waals surface area contributed by atoms with Crippen LogP contribution >= 0.6 is 0 Å². The molecule has 6 heteroatoms. The van der Waals surface area contributed by atoms with Crippen LogP contribution in [0.4, 0.5) is 10.3 Å². The van der Waals surface area contributed by atoms with Crippen molar-refractivity contribution in [3.8, 4) is 0 Å². The zero-order valence-electron chi connectivity index (χ0n) is 13.1. The van der Waals surface area contributed by atoms with Crippen LogP contribution in [0.1, 0.15) is 33.6 Å². The van der Waals surface area contributed by atoms with Crippen molar-refractivity contribution >= 4 is 11.9 Å². The molecule has 0 N–H and O–H groups in total. The van der Waals surface area contributed by atoms with Gasteiger partial charge in [0.05, 0.1) is 12.4 Å². The van der Waals surface area contributed by atoms with Gasteiger partial charge >= 0.3 is 0 Å². The molecule has 0 aromatic carbocycles. The van der Waals surface area contributed by atoms with Crippen LogP contribution in [0, 0.1) is 11.2 Å². The molecule has 21 heavy (non-hydrogen) atoms. The summed E-state index contributed by atoms with van der Waals surface area (Å²) >= 11 is 0. The Hall–Kier alpha value is -1.72. The summed E-state index contributed by atoms with van der Waals surface area (Å²) in [4.78, 5) is 24.2. The van der Waals surface area contributed by atoms with E-state index < -0.39 is 5.82 Å². The summed E-state index contributed by atoms with van der Waals surface area (Å²) < 4.78 is 12.8. The Kier molecular flexibility index (Phi) is 4.44. The van der Waals surface area contributed by atoms with E-state index in [2.05, 4.69) is 9.97 Å². The maximum atomic E-state index is 12.8. The number of carbonyl (C=O) groups is 1. The van der Waals surface area contributed by atoms with Gasteiger partial charge < -0.3 is 9.80 Å². The molecular formula is C15H23FN4O. The van der Waals surface area contributed by atoms with Crippen LogP contribution in [0.25, 0.3) is 0 Å². The lowest BCUT2D eigenvalue weighted by Gasteiger charge is -2.38. The second-order valence-corrected chi connectivity index (χ2v) is 6.59. The van der Waals surface area contributed by atoms with Gasteiger partial charge in [0, 0.05) is 31.6 Å². The van der Waals surface area contributed by atoms with E-state index in [9.17, 15) is 9.18 Å². The molecule has 0 atom stereocenters. The summed E-state index contributed by atoms with van der Waals surface area (Å²) in [5.41, 5.74) is -0.355. The molecule has 1 aliphatic heterocycles. The molecule has 1 saturated heterocycles. The second-order valence-electron chi connectivity index (χ2n) is 6.59. The van der Waals surface area contributed by atoms with Crippen molar-refractivity contribution in [3.63, 3.8) is 0 Å². The lowest BCUT2D eigenvalue weighted by Crippen LogP contribution is -2.49. The highest BCUT2D eigenvalue weighted by molar-refractivity contribution is 5.81. The van der Waals surface area contributed by atoms with Gasteiger partial charge in [-0.1, -0.05) is 20.8 Å². The average molecular weight is 294 g/mol. The van der Waals surface area contributed by atoms with Gasteiger partial charge in [0.2, 0.25) is 11.9 Å². The third-order valence-electron chi connectivity index (χ3n) is 3.86. The highest BCUT2D eigenvalue weighted by Crippen LogP contribution is 2.23. The lowest BCUT2D eigenvalue weighted by atomic mass is 9.93. The highest BCUT2D eigenvalue weighted by atomic mass is 19.1. The standard InChI is InChI=1S/C15H23FN4O/c1-15(2,3)13(21)19(4)12-5-7-20(8-6-12)14-17-9-11(16)10-18-14/h9-10,12H,5-8H2,1-4H3. The number of amides is 1. The quantitative estimate of drug-likeness (QED) is 0.838. The second kappa shape index (κ2) is 5.95. The molecule has 2 rings (SSSR count). The molecule has 1 aliphatic rings. The fourth-order valence-electron chi connectivity index (χ4n) is 2.62. The van der Waals surface area contributed by atoms with Crippen molar-refractivity contribution in [2.75, 3.05) is 25.0 Å². The van der Waals surface area contributed by atoms with Crippen LogP contribution in [0.5, 0.6) is 0 Å². The number of anilines is 1. The van der Waals surface area contributed by atoms with E-state index in [4.69, 9.17) is 0 Å². The summed E-state index contributed by atoms with van der Waals surface area (Å²) in [5.74, 6) is 0.294.